The summed E-state index contributed by atoms with van der Waals surface area (Å²) < 4.78 is 69.6. The smallest absolute Gasteiger partial charge is 0.265 e. The number of sulfonamides is 1. The number of aromatic nitrogens is 2. The molecule has 1 aromatic carbocycles. The largest absolute Gasteiger partial charge is 0.496 e. The van der Waals surface area contributed by atoms with E-state index in [1.807, 2.05) is 36.6 Å². The van der Waals surface area contributed by atoms with Crippen molar-refractivity contribution in [3.8, 4) is 22.2 Å². The van der Waals surface area contributed by atoms with Crippen molar-refractivity contribution in [2.45, 2.75) is 133 Å². The second-order valence-corrected chi connectivity index (χ2v) is 21.0. The van der Waals surface area contributed by atoms with Gasteiger partial charge in [-0.05, 0) is 69.9 Å². The first kappa shape index (κ1) is 44.9. The van der Waals surface area contributed by atoms with Gasteiger partial charge in [0.25, 0.3) is 11.8 Å². The van der Waals surface area contributed by atoms with E-state index in [1.54, 1.807) is 13.2 Å². The number of methoxy groups -OCH3 is 1. The molecule has 63 heavy (non-hydrogen) atoms. The monoisotopic (exact) mass is 910 g/mol. The number of allylic oxidation sites excluding steroid dienone is 1. The van der Waals surface area contributed by atoms with E-state index in [0.717, 1.165) is 22.6 Å². The zero-order valence-electron chi connectivity index (χ0n) is 36.2. The number of fused-ring (bicyclic) bond motifs is 3. The number of carbonyl (C=O) groups is 4. The predicted molar refractivity (Wildman–Crippen MR) is 233 cm³/mol. The molecule has 4 amide bonds. The molecule has 0 spiro atoms. The van der Waals surface area contributed by atoms with Crippen LogP contribution in [0.1, 0.15) is 108 Å². The highest BCUT2D eigenvalue weighted by molar-refractivity contribution is 7.91. The lowest BCUT2D eigenvalue weighted by molar-refractivity contribution is -0.148. The van der Waals surface area contributed by atoms with E-state index < -0.39 is 80.9 Å². The van der Waals surface area contributed by atoms with Gasteiger partial charge in [0.15, 0.2) is 0 Å². The Morgan fingerprint density at radius 2 is 1.87 bits per heavy atom. The van der Waals surface area contributed by atoms with Crippen LogP contribution >= 0.6 is 11.3 Å². The number of nitrogens with zero attached hydrogens (tertiary/aromatic N) is 4. The van der Waals surface area contributed by atoms with Crippen LogP contribution in [-0.4, -0.2) is 107 Å². The fourth-order valence-corrected chi connectivity index (χ4v) is 11.5. The van der Waals surface area contributed by atoms with E-state index in [9.17, 15) is 36.4 Å². The molecule has 5 atom stereocenters. The van der Waals surface area contributed by atoms with Gasteiger partial charge < -0.3 is 24.6 Å². The van der Waals surface area contributed by atoms with Crippen LogP contribution in [0.3, 0.4) is 0 Å². The molecule has 0 bridgehead atoms. The van der Waals surface area contributed by atoms with Crippen LogP contribution in [0.15, 0.2) is 35.7 Å². The van der Waals surface area contributed by atoms with E-state index in [1.165, 1.54) is 16.2 Å². The topological polar surface area (TPSA) is 177 Å². The highest BCUT2D eigenvalue weighted by Gasteiger charge is 2.62. The molecule has 2 aromatic heterocycles. The zero-order chi connectivity index (χ0) is 44.8. The number of halogens is 2. The quantitative estimate of drug-likeness (QED) is 0.216. The van der Waals surface area contributed by atoms with Crippen LogP contribution in [0.2, 0.25) is 0 Å². The average molecular weight is 911 g/mol. The number of aryl methyl sites for hydroxylation is 1. The summed E-state index contributed by atoms with van der Waals surface area (Å²) in [5.74, 6) is -5.67. The summed E-state index contributed by atoms with van der Waals surface area (Å²) in [6.07, 6.45) is 6.59. The second-order valence-electron chi connectivity index (χ2n) is 18.2. The molecule has 3 aliphatic heterocycles. The van der Waals surface area contributed by atoms with Crippen LogP contribution in [0.25, 0.3) is 21.6 Å². The number of hydrogen-bond acceptors (Lipinski definition) is 11. The van der Waals surface area contributed by atoms with Gasteiger partial charge in [0.05, 0.1) is 36.7 Å². The van der Waals surface area contributed by atoms with Crippen molar-refractivity contribution in [1.82, 2.24) is 29.8 Å². The molecule has 5 heterocycles. The molecule has 14 nitrogen and oxygen atoms in total. The Morgan fingerprint density at radius 3 is 2.59 bits per heavy atom. The van der Waals surface area contributed by atoms with Gasteiger partial charge in [-0.25, -0.2) is 27.2 Å². The Morgan fingerprint density at radius 1 is 1.08 bits per heavy atom. The molecule has 5 aliphatic rings. The number of hydrogen-bond donors (Lipinski definition) is 2. The van der Waals surface area contributed by atoms with Gasteiger partial charge in [-0.3, -0.25) is 23.9 Å². The molecular formula is C45H56F2N6O8S2. The number of likely N-dealkylation sites (tertiary alicyclic amines) is 1. The number of ether oxygens (including phenoxy) is 2. The van der Waals surface area contributed by atoms with Crippen molar-refractivity contribution in [3.05, 3.63) is 47.0 Å². The minimum Gasteiger partial charge on any atom is -0.496 e. The van der Waals surface area contributed by atoms with Crippen molar-refractivity contribution in [3.63, 3.8) is 0 Å². The number of benzene rings is 1. The van der Waals surface area contributed by atoms with Crippen LogP contribution in [-0.2, 0) is 29.2 Å². The minimum atomic E-state index is -3.95. The fraction of sp³-hybridized carbons (Fsp3) is 0.600. The molecule has 18 heteroatoms. The third-order valence-electron chi connectivity index (χ3n) is 13.1. The average Bonchev–Trinajstić information content (AvgIpc) is 4.11. The van der Waals surface area contributed by atoms with E-state index in [0.29, 0.717) is 71.6 Å². The number of piperidine rings is 1. The number of nitrogens with one attached hydrogen (secondary N) is 2. The van der Waals surface area contributed by atoms with Gasteiger partial charge in [-0.1, -0.05) is 38.8 Å². The van der Waals surface area contributed by atoms with E-state index >= 15 is 0 Å². The molecule has 340 valence electrons. The van der Waals surface area contributed by atoms with Crippen LogP contribution in [0.5, 0.6) is 11.5 Å². The Kier molecular flexibility index (Phi) is 12.6. The van der Waals surface area contributed by atoms with Crippen molar-refractivity contribution in [1.29, 1.82) is 0 Å². The molecule has 8 rings (SSSR count). The van der Waals surface area contributed by atoms with Crippen LogP contribution in [0, 0.1) is 18.8 Å². The molecule has 2 aliphatic carbocycles. The lowest BCUT2D eigenvalue weighted by Crippen LogP contribution is -2.57. The molecule has 0 radical (unpaired) electrons. The number of amides is 4. The predicted octanol–water partition coefficient (Wildman–Crippen LogP) is 6.41. The highest BCUT2D eigenvalue weighted by atomic mass is 32.2. The molecule has 2 saturated heterocycles. The fourth-order valence-electron chi connectivity index (χ4n) is 9.15. The molecule has 0 unspecified atom stereocenters. The van der Waals surface area contributed by atoms with Crippen molar-refractivity contribution in [2.75, 3.05) is 26.7 Å². The van der Waals surface area contributed by atoms with Gasteiger partial charge in [-0.15, -0.1) is 11.3 Å². The summed E-state index contributed by atoms with van der Waals surface area (Å²) in [5, 5.41) is 5.57. The summed E-state index contributed by atoms with van der Waals surface area (Å²) in [7, 11) is -2.37. The van der Waals surface area contributed by atoms with Crippen LogP contribution in [0.4, 0.5) is 8.78 Å². The standard InChI is InChI=1S/C45H56F2N6O8S2/c1-26(2)34-24-62-41(49-34)33-21-37(32-15-16-36(60-4)27(3)39(32)48-33)61-30-20-35-40(55)50-45(43(57)51-63(58,59)31-13-14-31)22-29(45)12-9-7-5-6-8-11-28(42(56)53(35)23-30)19-38(54)52-18-10-17-44(46,47)25-52/h9,12,15-16,21,24,26,28-31,35H,5-8,10-11,13-14,17-20,22-23,25H2,1-4H3,(H,50,55)(H,51,57)/b12-9+/t28-,29-,30-,35+,45-/m1/s1. The first-order valence-corrected chi connectivity index (χ1v) is 24.5. The lowest BCUT2D eigenvalue weighted by atomic mass is 9.94. The van der Waals surface area contributed by atoms with Gasteiger partial charge in [-0.2, -0.15) is 0 Å². The maximum absolute atomic E-state index is 14.9. The first-order chi connectivity index (χ1) is 30.0. The maximum atomic E-state index is 14.9. The summed E-state index contributed by atoms with van der Waals surface area (Å²) in [6.45, 7) is 5.40. The van der Waals surface area contributed by atoms with Crippen molar-refractivity contribution >= 4 is 55.9 Å². The number of pyridine rings is 1. The molecule has 3 aromatic rings. The zero-order valence-corrected chi connectivity index (χ0v) is 37.8. The highest BCUT2D eigenvalue weighted by Crippen LogP contribution is 2.46. The summed E-state index contributed by atoms with van der Waals surface area (Å²) in [6, 6.07) is 4.27. The molecule has 4 fully saturated rings. The summed E-state index contributed by atoms with van der Waals surface area (Å²) in [4.78, 5) is 69.6. The van der Waals surface area contributed by atoms with Gasteiger partial charge >= 0.3 is 0 Å². The Balaban J connectivity index is 1.14. The molecule has 2 N–H and O–H groups in total. The normalized spacial score (nSPS) is 27.2. The van der Waals surface area contributed by atoms with Crippen molar-refractivity contribution in [2.24, 2.45) is 11.8 Å². The number of rotatable bonds is 10. The Labute approximate surface area is 370 Å². The number of thiazole rings is 1. The van der Waals surface area contributed by atoms with Gasteiger partial charge in [0, 0.05) is 60.0 Å². The SMILES string of the molecule is COc1ccc2c(O[C@@H]3C[C@H]4C(=O)N[C@]5(C(=O)NS(=O)(=O)C6CC6)C[C@H]5/C=C/CCCCC[C@H](CC(=O)N5CCCC(F)(F)C5)C(=O)N4C3)cc(-c3nc(C(C)C)cs3)nc2c1C. The number of alkyl halides is 2. The third-order valence-corrected chi connectivity index (χ3v) is 15.8. The second kappa shape index (κ2) is 17.7. The summed E-state index contributed by atoms with van der Waals surface area (Å²) >= 11 is 1.46. The molecule has 2 saturated carbocycles. The minimum absolute atomic E-state index is 0.00178. The third kappa shape index (κ3) is 9.57. The Hall–Kier alpha value is -4.71. The van der Waals surface area contributed by atoms with E-state index in [2.05, 4.69) is 23.9 Å². The summed E-state index contributed by atoms with van der Waals surface area (Å²) in [5.41, 5.74) is 1.31. The van der Waals surface area contributed by atoms with Gasteiger partial charge in [0.2, 0.25) is 27.7 Å². The lowest BCUT2D eigenvalue weighted by Gasteiger charge is -2.34. The maximum Gasteiger partial charge on any atom is 0.265 e. The first-order valence-electron chi connectivity index (χ1n) is 22.1. The molecular weight excluding hydrogens is 855 g/mol. The van der Waals surface area contributed by atoms with E-state index in [-0.39, 0.29) is 51.1 Å². The van der Waals surface area contributed by atoms with Gasteiger partial charge in [0.1, 0.15) is 39.9 Å². The van der Waals surface area contributed by atoms with Crippen molar-refractivity contribution < 1.29 is 45.9 Å². The Bertz CT molecular complexity index is 2420. The van der Waals surface area contributed by atoms with Crippen LogP contribution < -0.4 is 19.5 Å². The van der Waals surface area contributed by atoms with E-state index in [4.69, 9.17) is 19.4 Å². The number of carbonyl (C=O) groups excluding carboxylic acids is 4.